The van der Waals surface area contributed by atoms with Crippen molar-refractivity contribution in [2.75, 3.05) is 27.3 Å². The van der Waals surface area contributed by atoms with Crippen LogP contribution in [0.25, 0.3) is 5.69 Å². The first-order valence-corrected chi connectivity index (χ1v) is 9.90. The second-order valence-electron chi connectivity index (χ2n) is 7.00. The van der Waals surface area contributed by atoms with Crippen LogP contribution in [0.15, 0.2) is 48.7 Å². The van der Waals surface area contributed by atoms with Crippen LogP contribution < -0.4 is 0 Å². The normalized spacial score (nSPS) is 10.6. The maximum absolute atomic E-state index is 12.9. The first kappa shape index (κ1) is 21.6. The SMILES string of the molecule is COCCN(C)C(=O)c1ccccc1Cc1cnn(-c2ccc(C#N)c(Cl)c2)c1C. The first-order chi connectivity index (χ1) is 14.5. The summed E-state index contributed by atoms with van der Waals surface area (Å²) in [6, 6.07) is 14.9. The molecule has 3 aromatic rings. The molecule has 0 unspecified atom stereocenters. The molecule has 0 N–H and O–H groups in total. The molecule has 7 heteroatoms. The van der Waals surface area contributed by atoms with Crippen molar-refractivity contribution in [2.24, 2.45) is 0 Å². The summed E-state index contributed by atoms with van der Waals surface area (Å²) in [7, 11) is 3.39. The Hall–Kier alpha value is -3.14. The molecule has 2 aromatic carbocycles. The van der Waals surface area contributed by atoms with Crippen molar-refractivity contribution in [3.05, 3.63) is 81.6 Å². The lowest BCUT2D eigenvalue weighted by Crippen LogP contribution is -2.30. The molecular formula is C23H23ClN4O2. The maximum Gasteiger partial charge on any atom is 0.253 e. The molecule has 154 valence electrons. The van der Waals surface area contributed by atoms with Crippen LogP contribution in [0.2, 0.25) is 5.02 Å². The number of rotatable bonds is 7. The van der Waals surface area contributed by atoms with Crippen molar-refractivity contribution in [1.29, 1.82) is 5.26 Å². The van der Waals surface area contributed by atoms with Crippen molar-refractivity contribution < 1.29 is 9.53 Å². The number of halogens is 1. The minimum Gasteiger partial charge on any atom is -0.383 e. The molecule has 0 saturated heterocycles. The Morgan fingerprint density at radius 1 is 1.27 bits per heavy atom. The summed E-state index contributed by atoms with van der Waals surface area (Å²) in [5, 5.41) is 13.9. The van der Waals surface area contributed by atoms with Crippen molar-refractivity contribution in [3.8, 4) is 11.8 Å². The molecular weight excluding hydrogens is 400 g/mol. The Kier molecular flexibility index (Phi) is 6.88. The number of carbonyl (C=O) groups is 1. The summed E-state index contributed by atoms with van der Waals surface area (Å²) in [5.41, 5.74) is 4.78. The van der Waals surface area contributed by atoms with E-state index in [4.69, 9.17) is 21.6 Å². The number of carbonyl (C=O) groups excluding carboxylic acids is 1. The molecule has 3 rings (SSSR count). The molecule has 6 nitrogen and oxygen atoms in total. The van der Waals surface area contributed by atoms with Gasteiger partial charge >= 0.3 is 0 Å². The number of ether oxygens (including phenoxy) is 1. The molecule has 0 aliphatic rings. The van der Waals surface area contributed by atoms with Gasteiger partial charge < -0.3 is 9.64 Å². The minimum absolute atomic E-state index is 0.0356. The number of methoxy groups -OCH3 is 1. The molecule has 0 saturated carbocycles. The van der Waals surface area contributed by atoms with Gasteiger partial charge in [-0.2, -0.15) is 10.4 Å². The molecule has 1 heterocycles. The van der Waals surface area contributed by atoms with Gasteiger partial charge in [-0.05, 0) is 42.3 Å². The lowest BCUT2D eigenvalue weighted by atomic mass is 9.99. The number of aromatic nitrogens is 2. The van der Waals surface area contributed by atoms with Crippen molar-refractivity contribution in [1.82, 2.24) is 14.7 Å². The third kappa shape index (κ3) is 4.54. The van der Waals surface area contributed by atoms with E-state index in [0.29, 0.717) is 35.7 Å². The fraction of sp³-hybridized carbons (Fsp3) is 0.261. The predicted molar refractivity (Wildman–Crippen MR) is 116 cm³/mol. The third-order valence-corrected chi connectivity index (χ3v) is 5.35. The molecule has 0 aliphatic heterocycles. The van der Waals surface area contributed by atoms with Gasteiger partial charge in [0.25, 0.3) is 5.91 Å². The van der Waals surface area contributed by atoms with E-state index >= 15 is 0 Å². The number of likely N-dealkylation sites (N-methyl/N-ethyl adjacent to an activating group) is 1. The second-order valence-corrected chi connectivity index (χ2v) is 7.40. The second kappa shape index (κ2) is 9.57. The largest absolute Gasteiger partial charge is 0.383 e. The van der Waals surface area contributed by atoms with Gasteiger partial charge in [0.1, 0.15) is 6.07 Å². The molecule has 0 radical (unpaired) electrons. The van der Waals surface area contributed by atoms with E-state index in [-0.39, 0.29) is 5.91 Å². The highest BCUT2D eigenvalue weighted by atomic mass is 35.5. The number of nitrogens with zero attached hydrogens (tertiary/aromatic N) is 4. The van der Waals surface area contributed by atoms with E-state index in [1.165, 1.54) is 0 Å². The summed E-state index contributed by atoms with van der Waals surface area (Å²) in [6.45, 7) is 2.99. The van der Waals surface area contributed by atoms with E-state index < -0.39 is 0 Å². The van der Waals surface area contributed by atoms with Gasteiger partial charge in [-0.3, -0.25) is 4.79 Å². The smallest absolute Gasteiger partial charge is 0.253 e. The van der Waals surface area contributed by atoms with Crippen LogP contribution >= 0.6 is 11.6 Å². The molecule has 0 atom stereocenters. The summed E-state index contributed by atoms with van der Waals surface area (Å²) in [6.07, 6.45) is 2.38. The van der Waals surface area contributed by atoms with E-state index in [9.17, 15) is 4.79 Å². The number of hydrogen-bond acceptors (Lipinski definition) is 4. The van der Waals surface area contributed by atoms with E-state index in [2.05, 4.69) is 11.2 Å². The van der Waals surface area contributed by atoms with Crippen LogP contribution in [0, 0.1) is 18.3 Å². The van der Waals surface area contributed by atoms with Gasteiger partial charge in [-0.15, -0.1) is 0 Å². The Morgan fingerprint density at radius 2 is 2.03 bits per heavy atom. The number of amides is 1. The van der Waals surface area contributed by atoms with Crippen LogP contribution in [0.5, 0.6) is 0 Å². The Labute approximate surface area is 181 Å². The zero-order valence-corrected chi connectivity index (χ0v) is 18.0. The van der Waals surface area contributed by atoms with Gasteiger partial charge in [0.2, 0.25) is 0 Å². The maximum atomic E-state index is 12.9. The topological polar surface area (TPSA) is 71.2 Å². The summed E-state index contributed by atoms with van der Waals surface area (Å²) in [4.78, 5) is 14.5. The van der Waals surface area contributed by atoms with Crippen LogP contribution in [0.3, 0.4) is 0 Å². The fourth-order valence-electron chi connectivity index (χ4n) is 3.23. The summed E-state index contributed by atoms with van der Waals surface area (Å²) in [5.74, 6) is -0.0356. The standard InChI is InChI=1S/C23H23ClN4O2/c1-16-19(15-26-28(16)20-9-8-18(14-25)22(24)13-20)12-17-6-4-5-7-21(17)23(29)27(2)10-11-30-3/h4-9,13,15H,10-12H2,1-3H3. The Bertz CT molecular complexity index is 1100. The highest BCUT2D eigenvalue weighted by molar-refractivity contribution is 6.31. The Balaban J connectivity index is 1.88. The molecule has 30 heavy (non-hydrogen) atoms. The highest BCUT2D eigenvalue weighted by Crippen LogP contribution is 2.23. The fourth-order valence-corrected chi connectivity index (χ4v) is 3.44. The van der Waals surface area contributed by atoms with Crippen LogP contribution in [-0.4, -0.2) is 47.9 Å². The summed E-state index contributed by atoms with van der Waals surface area (Å²) >= 11 is 6.18. The number of hydrogen-bond donors (Lipinski definition) is 0. The molecule has 1 amide bonds. The molecule has 0 aliphatic carbocycles. The zero-order valence-electron chi connectivity index (χ0n) is 17.2. The minimum atomic E-state index is -0.0356. The van der Waals surface area contributed by atoms with Crippen LogP contribution in [0.1, 0.15) is 32.7 Å². The van der Waals surface area contributed by atoms with Crippen molar-refractivity contribution in [2.45, 2.75) is 13.3 Å². The average Bonchev–Trinajstić information content (AvgIpc) is 3.12. The van der Waals surface area contributed by atoms with Crippen LogP contribution in [-0.2, 0) is 11.2 Å². The predicted octanol–water partition coefficient (Wildman–Crippen LogP) is 4.02. The lowest BCUT2D eigenvalue weighted by Gasteiger charge is -2.18. The molecule has 0 bridgehead atoms. The van der Waals surface area contributed by atoms with E-state index in [0.717, 1.165) is 22.5 Å². The molecule has 0 fully saturated rings. The zero-order chi connectivity index (χ0) is 21.7. The van der Waals surface area contributed by atoms with Crippen molar-refractivity contribution in [3.63, 3.8) is 0 Å². The molecule has 1 aromatic heterocycles. The van der Waals surface area contributed by atoms with E-state index in [1.54, 1.807) is 42.1 Å². The number of nitriles is 1. The van der Waals surface area contributed by atoms with Crippen LogP contribution in [0.4, 0.5) is 0 Å². The van der Waals surface area contributed by atoms with E-state index in [1.807, 2.05) is 37.3 Å². The quantitative estimate of drug-likeness (QED) is 0.576. The van der Waals surface area contributed by atoms with Gasteiger partial charge in [-0.25, -0.2) is 4.68 Å². The van der Waals surface area contributed by atoms with Gasteiger partial charge in [-0.1, -0.05) is 29.8 Å². The molecule has 0 spiro atoms. The average molecular weight is 423 g/mol. The first-order valence-electron chi connectivity index (χ1n) is 9.52. The summed E-state index contributed by atoms with van der Waals surface area (Å²) < 4.78 is 6.86. The Morgan fingerprint density at radius 3 is 2.73 bits per heavy atom. The lowest BCUT2D eigenvalue weighted by molar-refractivity contribution is 0.0743. The monoisotopic (exact) mass is 422 g/mol. The third-order valence-electron chi connectivity index (χ3n) is 5.04. The van der Waals surface area contributed by atoms with Gasteiger partial charge in [0, 0.05) is 38.4 Å². The highest BCUT2D eigenvalue weighted by Gasteiger charge is 2.17. The van der Waals surface area contributed by atoms with Crippen molar-refractivity contribution >= 4 is 17.5 Å². The van der Waals surface area contributed by atoms with Gasteiger partial charge in [0.05, 0.1) is 29.1 Å². The number of benzene rings is 2. The van der Waals surface area contributed by atoms with Gasteiger partial charge in [0.15, 0.2) is 0 Å².